The molecule has 7 heteroatoms. The summed E-state index contributed by atoms with van der Waals surface area (Å²) >= 11 is 0. The number of hydrogen-bond donors (Lipinski definition) is 2. The monoisotopic (exact) mass is 334 g/mol. The second-order valence-corrected chi connectivity index (χ2v) is 6.01. The molecule has 1 aromatic carbocycles. The minimum absolute atomic E-state index is 0.0417. The predicted octanol–water partition coefficient (Wildman–Crippen LogP) is 2.31. The van der Waals surface area contributed by atoms with E-state index >= 15 is 0 Å². The fraction of sp³-hybridized carbons (Fsp3) is 0.412. The lowest BCUT2D eigenvalue weighted by atomic mass is 10.2. The molecule has 0 aliphatic heterocycles. The number of aliphatic hydroxyl groups is 1. The lowest BCUT2D eigenvalue weighted by molar-refractivity contribution is 0.118. The standard InChI is InChI=1S/C17H23FN4O2/c1-12(2)22(10-13(3)23)17(24)20-9-14-4-5-16(15(18)8-14)21-7-6-19-11-21/h4-8,11-13,23H,9-10H2,1-3H3,(H,20,24). The number of halogens is 1. The van der Waals surface area contributed by atoms with Crippen LogP contribution in [0.5, 0.6) is 0 Å². The van der Waals surface area contributed by atoms with Gasteiger partial charge in [0, 0.05) is 31.5 Å². The summed E-state index contributed by atoms with van der Waals surface area (Å²) in [5, 5.41) is 12.2. The van der Waals surface area contributed by atoms with Crippen LogP contribution in [0.15, 0.2) is 36.9 Å². The second-order valence-electron chi connectivity index (χ2n) is 6.01. The average Bonchev–Trinajstić information content (AvgIpc) is 3.04. The van der Waals surface area contributed by atoms with Gasteiger partial charge in [-0.3, -0.25) is 0 Å². The molecule has 24 heavy (non-hydrogen) atoms. The van der Waals surface area contributed by atoms with Gasteiger partial charge in [0.2, 0.25) is 0 Å². The number of urea groups is 1. The van der Waals surface area contributed by atoms with Crippen LogP contribution in [0, 0.1) is 5.82 Å². The molecule has 0 bridgehead atoms. The highest BCUT2D eigenvalue weighted by atomic mass is 19.1. The lowest BCUT2D eigenvalue weighted by Gasteiger charge is -2.28. The van der Waals surface area contributed by atoms with Gasteiger partial charge < -0.3 is 19.9 Å². The number of carbonyl (C=O) groups excluding carboxylic acids is 1. The van der Waals surface area contributed by atoms with Crippen molar-refractivity contribution in [3.05, 3.63) is 48.3 Å². The molecule has 0 saturated carbocycles. The number of nitrogens with zero attached hydrogens (tertiary/aromatic N) is 3. The van der Waals surface area contributed by atoms with Crippen LogP contribution >= 0.6 is 0 Å². The van der Waals surface area contributed by atoms with Crippen molar-refractivity contribution in [2.75, 3.05) is 6.54 Å². The van der Waals surface area contributed by atoms with E-state index in [1.807, 2.05) is 13.8 Å². The van der Waals surface area contributed by atoms with Crippen molar-refractivity contribution >= 4 is 6.03 Å². The Hall–Kier alpha value is -2.41. The Bertz CT molecular complexity index is 671. The first-order valence-corrected chi connectivity index (χ1v) is 7.87. The number of imidazole rings is 1. The third-order valence-electron chi connectivity index (χ3n) is 3.58. The summed E-state index contributed by atoms with van der Waals surface area (Å²) in [5.74, 6) is -0.385. The van der Waals surface area contributed by atoms with Crippen LogP contribution in [-0.4, -0.2) is 44.3 Å². The first kappa shape index (κ1) is 17.9. The van der Waals surface area contributed by atoms with Gasteiger partial charge in [0.15, 0.2) is 0 Å². The Balaban J connectivity index is 2.01. The molecule has 1 aromatic heterocycles. The molecule has 6 nitrogen and oxygen atoms in total. The summed E-state index contributed by atoms with van der Waals surface area (Å²) in [4.78, 5) is 17.7. The average molecular weight is 334 g/mol. The minimum Gasteiger partial charge on any atom is -0.392 e. The zero-order valence-corrected chi connectivity index (χ0v) is 14.1. The van der Waals surface area contributed by atoms with Crippen molar-refractivity contribution in [1.29, 1.82) is 0 Å². The molecule has 1 atom stereocenters. The van der Waals surface area contributed by atoms with E-state index in [4.69, 9.17) is 0 Å². The normalized spacial score (nSPS) is 12.2. The molecule has 0 saturated heterocycles. The maximum Gasteiger partial charge on any atom is 0.317 e. The Labute approximate surface area is 140 Å². The molecule has 1 heterocycles. The maximum absolute atomic E-state index is 14.2. The van der Waals surface area contributed by atoms with Crippen molar-refractivity contribution in [2.24, 2.45) is 0 Å². The largest absolute Gasteiger partial charge is 0.392 e. The lowest BCUT2D eigenvalue weighted by Crippen LogP contribution is -2.46. The van der Waals surface area contributed by atoms with Crippen LogP contribution in [0.4, 0.5) is 9.18 Å². The van der Waals surface area contributed by atoms with E-state index in [9.17, 15) is 14.3 Å². The summed E-state index contributed by atoms with van der Waals surface area (Å²) in [6.07, 6.45) is 4.16. The van der Waals surface area contributed by atoms with Gasteiger partial charge in [-0.2, -0.15) is 0 Å². The molecular weight excluding hydrogens is 311 g/mol. The van der Waals surface area contributed by atoms with Gasteiger partial charge >= 0.3 is 6.03 Å². The van der Waals surface area contributed by atoms with E-state index in [2.05, 4.69) is 10.3 Å². The molecular formula is C17H23FN4O2. The van der Waals surface area contributed by atoms with Gasteiger partial charge in [0.05, 0.1) is 18.1 Å². The molecule has 0 fully saturated rings. The number of aliphatic hydroxyl groups excluding tert-OH is 1. The van der Waals surface area contributed by atoms with Gasteiger partial charge in [0.1, 0.15) is 5.82 Å². The zero-order valence-electron chi connectivity index (χ0n) is 14.1. The quantitative estimate of drug-likeness (QED) is 0.852. The first-order valence-electron chi connectivity index (χ1n) is 7.87. The van der Waals surface area contributed by atoms with E-state index in [-0.39, 0.29) is 31.0 Å². The van der Waals surface area contributed by atoms with E-state index in [0.29, 0.717) is 11.3 Å². The Morgan fingerprint density at radius 1 is 1.42 bits per heavy atom. The molecule has 2 N–H and O–H groups in total. The maximum atomic E-state index is 14.2. The van der Waals surface area contributed by atoms with E-state index in [1.165, 1.54) is 12.4 Å². The molecule has 2 rings (SSSR count). The first-order chi connectivity index (χ1) is 11.4. The molecule has 0 aliphatic carbocycles. The van der Waals surface area contributed by atoms with E-state index in [0.717, 1.165) is 0 Å². The molecule has 2 aromatic rings. The summed E-state index contributed by atoms with van der Waals surface area (Å²) < 4.78 is 15.8. The summed E-state index contributed by atoms with van der Waals surface area (Å²) in [7, 11) is 0. The number of nitrogens with one attached hydrogen (secondary N) is 1. The third kappa shape index (κ3) is 4.55. The molecule has 2 amide bonds. The SMILES string of the molecule is CC(O)CN(C(=O)NCc1ccc(-n2ccnc2)c(F)c1)C(C)C. The van der Waals surface area contributed by atoms with Crippen molar-refractivity contribution < 1.29 is 14.3 Å². The fourth-order valence-corrected chi connectivity index (χ4v) is 2.36. The Kier molecular flexibility index (Phi) is 5.92. The number of rotatable bonds is 6. The predicted molar refractivity (Wildman–Crippen MR) is 89.3 cm³/mol. The number of carbonyl (C=O) groups is 1. The van der Waals surface area contributed by atoms with Gasteiger partial charge in [0.25, 0.3) is 0 Å². The van der Waals surface area contributed by atoms with Crippen LogP contribution in [0.2, 0.25) is 0 Å². The number of hydrogen-bond acceptors (Lipinski definition) is 3. The van der Waals surface area contributed by atoms with Crippen LogP contribution in [0.3, 0.4) is 0 Å². The van der Waals surface area contributed by atoms with Gasteiger partial charge in [-0.25, -0.2) is 14.2 Å². The molecule has 130 valence electrons. The van der Waals surface area contributed by atoms with Crippen LogP contribution in [0.1, 0.15) is 26.3 Å². The summed E-state index contributed by atoms with van der Waals surface area (Å²) in [6.45, 7) is 5.84. The number of amides is 2. The minimum atomic E-state index is -0.606. The van der Waals surface area contributed by atoms with Gasteiger partial charge in [-0.1, -0.05) is 6.07 Å². The number of aromatic nitrogens is 2. The van der Waals surface area contributed by atoms with Gasteiger partial charge in [-0.05, 0) is 38.5 Å². The topological polar surface area (TPSA) is 70.4 Å². The van der Waals surface area contributed by atoms with Crippen molar-refractivity contribution in [3.63, 3.8) is 0 Å². The van der Waals surface area contributed by atoms with Crippen LogP contribution in [0.25, 0.3) is 5.69 Å². The van der Waals surface area contributed by atoms with E-state index < -0.39 is 6.10 Å². The molecule has 1 unspecified atom stereocenters. The van der Waals surface area contributed by atoms with Gasteiger partial charge in [-0.15, -0.1) is 0 Å². The van der Waals surface area contributed by atoms with Crippen molar-refractivity contribution in [1.82, 2.24) is 19.8 Å². The summed E-state index contributed by atoms with van der Waals surface area (Å²) in [6, 6.07) is 4.47. The van der Waals surface area contributed by atoms with Crippen LogP contribution < -0.4 is 5.32 Å². The molecule has 0 radical (unpaired) electrons. The number of benzene rings is 1. The van der Waals surface area contributed by atoms with Crippen molar-refractivity contribution in [3.8, 4) is 5.69 Å². The van der Waals surface area contributed by atoms with Crippen LogP contribution in [-0.2, 0) is 6.54 Å². The van der Waals surface area contributed by atoms with Crippen molar-refractivity contribution in [2.45, 2.75) is 39.5 Å². The Morgan fingerprint density at radius 2 is 2.17 bits per heavy atom. The third-order valence-corrected chi connectivity index (χ3v) is 3.58. The highest BCUT2D eigenvalue weighted by molar-refractivity contribution is 5.74. The smallest absolute Gasteiger partial charge is 0.317 e. The molecule has 0 spiro atoms. The second kappa shape index (κ2) is 7.92. The van der Waals surface area contributed by atoms with E-state index in [1.54, 1.807) is 40.9 Å². The fourth-order valence-electron chi connectivity index (χ4n) is 2.36. The zero-order chi connectivity index (χ0) is 17.7. The summed E-state index contributed by atoms with van der Waals surface area (Å²) in [5.41, 5.74) is 1.06. The molecule has 0 aliphatic rings. The Morgan fingerprint density at radius 3 is 2.71 bits per heavy atom. The highest BCUT2D eigenvalue weighted by Crippen LogP contribution is 2.15. The highest BCUT2D eigenvalue weighted by Gasteiger charge is 2.18.